The van der Waals surface area contributed by atoms with Crippen molar-refractivity contribution in [2.75, 3.05) is 4.90 Å². The number of benzene rings is 2. The maximum Gasteiger partial charge on any atom is 0.237 e. The van der Waals surface area contributed by atoms with Crippen molar-refractivity contribution >= 4 is 29.2 Å². The van der Waals surface area contributed by atoms with Crippen LogP contribution in [0.4, 0.5) is 11.6 Å². The summed E-state index contributed by atoms with van der Waals surface area (Å²) in [5, 5.41) is 8.47. The van der Waals surface area contributed by atoms with Gasteiger partial charge in [-0.15, -0.1) is 0 Å². The molecule has 3 aromatic rings. The molecule has 0 fully saturated rings. The summed E-state index contributed by atoms with van der Waals surface area (Å²) in [6.07, 6.45) is 2.36. The molecular formula is C18H16ClN5. The first-order valence-corrected chi connectivity index (χ1v) is 7.77. The zero-order valence-corrected chi connectivity index (χ0v) is 13.6. The van der Waals surface area contributed by atoms with Crippen LogP contribution in [0.25, 0.3) is 0 Å². The Balaban J connectivity index is 1.93. The molecule has 0 bridgehead atoms. The lowest BCUT2D eigenvalue weighted by molar-refractivity contribution is 1.00. The maximum absolute atomic E-state index is 7.86. The van der Waals surface area contributed by atoms with Crippen molar-refractivity contribution in [2.45, 2.75) is 6.42 Å². The molecule has 120 valence electrons. The van der Waals surface area contributed by atoms with Gasteiger partial charge in [0, 0.05) is 17.6 Å². The fourth-order valence-electron chi connectivity index (χ4n) is 2.35. The minimum absolute atomic E-state index is 0.158. The summed E-state index contributed by atoms with van der Waals surface area (Å²) < 4.78 is 0. The van der Waals surface area contributed by atoms with Crippen molar-refractivity contribution < 1.29 is 0 Å². The van der Waals surface area contributed by atoms with Gasteiger partial charge in [0.25, 0.3) is 0 Å². The van der Waals surface area contributed by atoms with Gasteiger partial charge in [-0.2, -0.15) is 0 Å². The van der Waals surface area contributed by atoms with Crippen LogP contribution < -0.4 is 10.6 Å². The molecule has 0 spiro atoms. The van der Waals surface area contributed by atoms with Gasteiger partial charge in [0.1, 0.15) is 0 Å². The van der Waals surface area contributed by atoms with E-state index in [0.29, 0.717) is 23.1 Å². The molecule has 0 saturated heterocycles. The highest BCUT2D eigenvalue weighted by molar-refractivity contribution is 6.30. The first-order valence-electron chi connectivity index (χ1n) is 7.39. The van der Waals surface area contributed by atoms with E-state index in [0.717, 1.165) is 11.3 Å². The summed E-state index contributed by atoms with van der Waals surface area (Å²) in [7, 11) is 0. The largest absolute Gasteiger partial charge is 0.369 e. The van der Waals surface area contributed by atoms with Gasteiger partial charge in [-0.25, -0.2) is 14.9 Å². The van der Waals surface area contributed by atoms with Crippen molar-refractivity contribution in [3.05, 3.63) is 83.1 Å². The fraction of sp³-hybridized carbons (Fsp3) is 0.0556. The zero-order valence-electron chi connectivity index (χ0n) is 12.9. The van der Waals surface area contributed by atoms with E-state index in [4.69, 9.17) is 22.7 Å². The van der Waals surface area contributed by atoms with Gasteiger partial charge in [-0.1, -0.05) is 41.9 Å². The highest BCUT2D eigenvalue weighted by atomic mass is 35.5. The first kappa shape index (κ1) is 16.0. The molecule has 6 heteroatoms. The Morgan fingerprint density at radius 1 is 1.04 bits per heavy atom. The Bertz CT molecular complexity index is 834. The molecule has 24 heavy (non-hydrogen) atoms. The summed E-state index contributed by atoms with van der Waals surface area (Å²) in [5.74, 6) is 0.201. The van der Waals surface area contributed by atoms with Gasteiger partial charge in [0.05, 0.1) is 11.4 Å². The number of aromatic nitrogens is 2. The van der Waals surface area contributed by atoms with Crippen LogP contribution in [0, 0.1) is 5.41 Å². The quantitative estimate of drug-likeness (QED) is 0.561. The highest BCUT2D eigenvalue weighted by Gasteiger charge is 2.16. The molecule has 2 aromatic carbocycles. The second-order valence-corrected chi connectivity index (χ2v) is 5.64. The lowest BCUT2D eigenvalue weighted by Gasteiger charge is -2.21. The molecule has 0 atom stereocenters. The van der Waals surface area contributed by atoms with Crippen LogP contribution in [0.15, 0.2) is 66.9 Å². The van der Waals surface area contributed by atoms with Crippen molar-refractivity contribution in [2.24, 2.45) is 5.73 Å². The van der Waals surface area contributed by atoms with E-state index in [1.165, 1.54) is 4.90 Å². The Kier molecular flexibility index (Phi) is 4.72. The number of nitrogens with one attached hydrogen (secondary N) is 1. The third kappa shape index (κ3) is 3.70. The smallest absolute Gasteiger partial charge is 0.237 e. The maximum atomic E-state index is 7.86. The molecule has 0 aliphatic heterocycles. The summed E-state index contributed by atoms with van der Waals surface area (Å²) in [4.78, 5) is 10.3. The Morgan fingerprint density at radius 2 is 1.75 bits per heavy atom. The molecule has 3 rings (SSSR count). The van der Waals surface area contributed by atoms with E-state index in [1.807, 2.05) is 36.4 Å². The molecular weight excluding hydrogens is 322 g/mol. The average molecular weight is 338 g/mol. The minimum Gasteiger partial charge on any atom is -0.369 e. The van der Waals surface area contributed by atoms with E-state index in [1.54, 1.807) is 30.5 Å². The van der Waals surface area contributed by atoms with Crippen molar-refractivity contribution in [1.29, 1.82) is 5.41 Å². The van der Waals surface area contributed by atoms with Crippen LogP contribution in [0.5, 0.6) is 0 Å². The standard InChI is InChI=1S/C18H16ClN5/c19-14-6-8-16(9-7-14)24(17(20)21)18-22-11-10-15(23-18)12-13-4-2-1-3-5-13/h1-11H,12H2,(H3,20,21). The topological polar surface area (TPSA) is 78.9 Å². The van der Waals surface area contributed by atoms with E-state index >= 15 is 0 Å². The summed E-state index contributed by atoms with van der Waals surface area (Å²) in [5.41, 5.74) is 8.43. The van der Waals surface area contributed by atoms with E-state index in [2.05, 4.69) is 9.97 Å². The molecule has 1 aromatic heterocycles. The molecule has 0 radical (unpaired) electrons. The molecule has 0 aliphatic carbocycles. The molecule has 0 saturated carbocycles. The number of nitrogens with zero attached hydrogens (tertiary/aromatic N) is 3. The number of halogens is 1. The van der Waals surface area contributed by atoms with Crippen LogP contribution in [0.1, 0.15) is 11.3 Å². The Morgan fingerprint density at radius 3 is 2.42 bits per heavy atom. The number of rotatable bonds is 4. The molecule has 0 aliphatic rings. The number of guanidine groups is 1. The van der Waals surface area contributed by atoms with Crippen LogP contribution in [0.3, 0.4) is 0 Å². The van der Waals surface area contributed by atoms with Crippen molar-refractivity contribution in [3.63, 3.8) is 0 Å². The third-order valence-corrected chi connectivity index (χ3v) is 3.71. The molecule has 1 heterocycles. The number of nitrogens with two attached hydrogens (primary N) is 1. The van der Waals surface area contributed by atoms with Crippen LogP contribution in [-0.4, -0.2) is 15.9 Å². The predicted molar refractivity (Wildman–Crippen MR) is 96.8 cm³/mol. The number of hydrogen-bond donors (Lipinski definition) is 2. The van der Waals surface area contributed by atoms with Crippen molar-refractivity contribution in [1.82, 2.24) is 9.97 Å². The lowest BCUT2D eigenvalue weighted by Crippen LogP contribution is -2.33. The molecule has 5 nitrogen and oxygen atoms in total. The predicted octanol–water partition coefficient (Wildman–Crippen LogP) is 3.75. The Hall–Kier alpha value is -2.92. The van der Waals surface area contributed by atoms with Crippen LogP contribution in [0.2, 0.25) is 5.02 Å². The van der Waals surface area contributed by atoms with Gasteiger partial charge < -0.3 is 5.73 Å². The van der Waals surface area contributed by atoms with Gasteiger partial charge >= 0.3 is 0 Å². The second kappa shape index (κ2) is 7.10. The summed E-state index contributed by atoms with van der Waals surface area (Å²) in [6.45, 7) is 0. The van der Waals surface area contributed by atoms with E-state index in [9.17, 15) is 0 Å². The average Bonchev–Trinajstić information content (AvgIpc) is 2.58. The van der Waals surface area contributed by atoms with Gasteiger partial charge in [0.15, 0.2) is 5.96 Å². The van der Waals surface area contributed by atoms with Gasteiger partial charge in [0.2, 0.25) is 5.95 Å². The third-order valence-electron chi connectivity index (χ3n) is 3.45. The highest BCUT2D eigenvalue weighted by Crippen LogP contribution is 2.23. The van der Waals surface area contributed by atoms with Crippen molar-refractivity contribution in [3.8, 4) is 0 Å². The molecule has 0 unspecified atom stereocenters. The molecule has 3 N–H and O–H groups in total. The monoisotopic (exact) mass is 337 g/mol. The number of anilines is 2. The summed E-state index contributed by atoms with van der Waals surface area (Å²) >= 11 is 5.92. The summed E-state index contributed by atoms with van der Waals surface area (Å²) in [6, 6.07) is 18.9. The van der Waals surface area contributed by atoms with E-state index < -0.39 is 0 Å². The number of hydrogen-bond acceptors (Lipinski definition) is 3. The first-order chi connectivity index (χ1) is 11.6. The Labute approximate surface area is 145 Å². The molecule has 0 amide bonds. The second-order valence-electron chi connectivity index (χ2n) is 5.21. The normalized spacial score (nSPS) is 10.4. The zero-order chi connectivity index (χ0) is 16.9. The van der Waals surface area contributed by atoms with Gasteiger partial charge in [-0.3, -0.25) is 5.41 Å². The minimum atomic E-state index is -0.158. The van der Waals surface area contributed by atoms with Crippen LogP contribution >= 0.6 is 11.6 Å². The lowest BCUT2D eigenvalue weighted by atomic mass is 10.1. The SMILES string of the molecule is N=C(N)N(c1ccc(Cl)cc1)c1nccc(Cc2ccccc2)n1. The fourth-order valence-corrected chi connectivity index (χ4v) is 2.47. The van der Waals surface area contributed by atoms with Gasteiger partial charge in [-0.05, 0) is 35.9 Å². The van der Waals surface area contributed by atoms with Crippen LogP contribution in [-0.2, 0) is 6.42 Å². The van der Waals surface area contributed by atoms with E-state index in [-0.39, 0.29) is 5.96 Å².